The number of carbonyl (C=O) groups is 2. The first-order valence-corrected chi connectivity index (χ1v) is 9.27. The number of imidazole rings is 1. The lowest BCUT2D eigenvalue weighted by molar-refractivity contribution is 0.135. The van der Waals surface area contributed by atoms with Crippen LogP contribution in [0.15, 0.2) is 36.7 Å². The zero-order valence-corrected chi connectivity index (χ0v) is 16.0. The number of nitrogens with zero attached hydrogens (tertiary/aromatic N) is 5. The number of hydrogen-bond donors (Lipinski definition) is 1. The smallest absolute Gasteiger partial charge is 0.322 e. The van der Waals surface area contributed by atoms with Crippen molar-refractivity contribution in [2.24, 2.45) is 7.05 Å². The first-order chi connectivity index (χ1) is 13.6. The summed E-state index contributed by atoms with van der Waals surface area (Å²) in [5.41, 5.74) is 0.635. The predicted molar refractivity (Wildman–Crippen MR) is 103 cm³/mol. The molecule has 1 N–H and O–H groups in total. The third-order valence-corrected chi connectivity index (χ3v) is 5.32. The largest absolute Gasteiger partial charge is 0.495 e. The number of anilines is 1. The Morgan fingerprint density at radius 3 is 2.86 bits per heavy atom. The first kappa shape index (κ1) is 18.1. The van der Waals surface area contributed by atoms with Crippen molar-refractivity contribution >= 4 is 17.7 Å². The number of fused-ring (bicyclic) bond motifs is 1. The average Bonchev–Trinajstić information content (AvgIpc) is 3.25. The summed E-state index contributed by atoms with van der Waals surface area (Å²) in [5, 5.41) is 2.91. The highest BCUT2D eigenvalue weighted by atomic mass is 16.5. The average molecular weight is 384 g/mol. The molecule has 0 aliphatic carbocycles. The van der Waals surface area contributed by atoms with Crippen LogP contribution in [-0.2, 0) is 13.6 Å². The van der Waals surface area contributed by atoms with Crippen molar-refractivity contribution in [3.05, 3.63) is 42.5 Å². The number of benzene rings is 1. The topological polar surface area (TPSA) is 82.9 Å². The van der Waals surface area contributed by atoms with Gasteiger partial charge >= 0.3 is 12.1 Å². The second-order valence-corrected chi connectivity index (χ2v) is 7.04. The number of hydrogen-bond acceptors (Lipinski definition) is 4. The van der Waals surface area contributed by atoms with Crippen LogP contribution < -0.4 is 10.1 Å². The van der Waals surface area contributed by atoms with Crippen LogP contribution >= 0.6 is 0 Å². The molecule has 148 valence electrons. The van der Waals surface area contributed by atoms with Gasteiger partial charge in [0.2, 0.25) is 0 Å². The lowest BCUT2D eigenvalue weighted by Crippen LogP contribution is -2.54. The van der Waals surface area contributed by atoms with Gasteiger partial charge in [-0.2, -0.15) is 0 Å². The summed E-state index contributed by atoms with van der Waals surface area (Å²) in [7, 11) is 3.49. The second kappa shape index (κ2) is 7.41. The van der Waals surface area contributed by atoms with E-state index in [4.69, 9.17) is 4.74 Å². The first-order valence-electron chi connectivity index (χ1n) is 9.27. The highest BCUT2D eigenvalue weighted by Crippen LogP contribution is 2.25. The molecule has 1 aromatic carbocycles. The lowest BCUT2D eigenvalue weighted by Gasteiger charge is -2.36. The maximum absolute atomic E-state index is 12.7. The van der Waals surface area contributed by atoms with E-state index in [9.17, 15) is 9.59 Å². The molecular weight excluding hydrogens is 360 g/mol. The molecule has 2 saturated heterocycles. The minimum Gasteiger partial charge on any atom is -0.495 e. The molecule has 0 bridgehead atoms. The van der Waals surface area contributed by atoms with Crippen molar-refractivity contribution < 1.29 is 14.3 Å². The summed E-state index contributed by atoms with van der Waals surface area (Å²) in [4.78, 5) is 35.1. The highest BCUT2D eigenvalue weighted by molar-refractivity contribution is 5.91. The normalized spacial score (nSPS) is 19.0. The molecule has 4 amide bonds. The Kier molecular flexibility index (Phi) is 4.81. The van der Waals surface area contributed by atoms with E-state index in [-0.39, 0.29) is 18.1 Å². The van der Waals surface area contributed by atoms with E-state index in [0.29, 0.717) is 44.2 Å². The molecule has 9 heteroatoms. The standard InChI is InChI=1S/C19H24N6O3/c1-22-8-7-20-17(22)13-24-12-14-11-23(9-10-25(14)19(24)27)18(26)21-15-5-3-4-6-16(15)28-2/h3-8,14H,9-13H2,1-2H3,(H,21,26)/t14-/m1/s1. The lowest BCUT2D eigenvalue weighted by atomic mass is 10.2. The molecule has 2 aliphatic heterocycles. The minimum absolute atomic E-state index is 0.00932. The van der Waals surface area contributed by atoms with E-state index in [2.05, 4.69) is 10.3 Å². The Morgan fingerprint density at radius 1 is 1.29 bits per heavy atom. The molecule has 28 heavy (non-hydrogen) atoms. The number of amides is 4. The zero-order chi connectivity index (χ0) is 19.7. The Balaban J connectivity index is 1.39. The van der Waals surface area contributed by atoms with Gasteiger partial charge in [0.1, 0.15) is 11.6 Å². The number of nitrogens with one attached hydrogen (secondary N) is 1. The number of piperazine rings is 1. The quantitative estimate of drug-likeness (QED) is 0.868. The second-order valence-electron chi connectivity index (χ2n) is 7.04. The number of methoxy groups -OCH3 is 1. The zero-order valence-electron chi connectivity index (χ0n) is 16.0. The van der Waals surface area contributed by atoms with Gasteiger partial charge < -0.3 is 29.3 Å². The number of aromatic nitrogens is 2. The number of para-hydroxylation sites is 2. The number of urea groups is 2. The molecule has 1 atom stereocenters. The van der Waals surface area contributed by atoms with E-state index in [0.717, 1.165) is 5.82 Å². The van der Waals surface area contributed by atoms with Crippen LogP contribution in [0.4, 0.5) is 15.3 Å². The van der Waals surface area contributed by atoms with Crippen LogP contribution in [0, 0.1) is 0 Å². The molecule has 0 spiro atoms. The number of ether oxygens (including phenoxy) is 1. The van der Waals surface area contributed by atoms with E-state index < -0.39 is 0 Å². The molecule has 2 aliphatic rings. The van der Waals surface area contributed by atoms with Crippen LogP contribution in [0.2, 0.25) is 0 Å². The van der Waals surface area contributed by atoms with Gasteiger partial charge in [-0.3, -0.25) is 0 Å². The third kappa shape index (κ3) is 3.35. The molecule has 0 radical (unpaired) electrons. The highest BCUT2D eigenvalue weighted by Gasteiger charge is 2.41. The van der Waals surface area contributed by atoms with E-state index in [1.54, 1.807) is 35.2 Å². The van der Waals surface area contributed by atoms with Gasteiger partial charge in [0, 0.05) is 45.6 Å². The molecule has 3 heterocycles. The summed E-state index contributed by atoms with van der Waals surface area (Å²) >= 11 is 0. The van der Waals surface area contributed by atoms with Crippen LogP contribution in [0.5, 0.6) is 5.75 Å². The van der Waals surface area contributed by atoms with Crippen LogP contribution in [0.1, 0.15) is 5.82 Å². The Bertz CT molecular complexity index is 882. The molecular formula is C19H24N6O3. The van der Waals surface area contributed by atoms with Gasteiger partial charge in [-0.05, 0) is 12.1 Å². The van der Waals surface area contributed by atoms with Gasteiger partial charge in [-0.15, -0.1) is 0 Å². The van der Waals surface area contributed by atoms with Gasteiger partial charge in [-0.25, -0.2) is 14.6 Å². The van der Waals surface area contributed by atoms with Gasteiger partial charge in [0.25, 0.3) is 0 Å². The van der Waals surface area contributed by atoms with Crippen molar-refractivity contribution in [2.75, 3.05) is 38.6 Å². The van der Waals surface area contributed by atoms with E-state index in [1.165, 1.54) is 0 Å². The summed E-state index contributed by atoms with van der Waals surface area (Å²) in [6, 6.07) is 7.13. The molecule has 0 unspecified atom stereocenters. The van der Waals surface area contributed by atoms with Crippen LogP contribution in [0.3, 0.4) is 0 Å². The van der Waals surface area contributed by atoms with Crippen LogP contribution in [-0.4, -0.2) is 75.6 Å². The number of carbonyl (C=O) groups excluding carboxylic acids is 2. The van der Waals surface area contributed by atoms with Crippen molar-refractivity contribution in [3.8, 4) is 5.75 Å². The number of rotatable bonds is 4. The SMILES string of the molecule is COc1ccccc1NC(=O)N1CCN2C(=O)N(Cc3nccn3C)C[C@H]2C1. The molecule has 1 aromatic heterocycles. The van der Waals surface area contributed by atoms with Gasteiger partial charge in [-0.1, -0.05) is 12.1 Å². The van der Waals surface area contributed by atoms with Crippen molar-refractivity contribution in [2.45, 2.75) is 12.6 Å². The van der Waals surface area contributed by atoms with Crippen molar-refractivity contribution in [1.29, 1.82) is 0 Å². The fraction of sp³-hybridized carbons (Fsp3) is 0.421. The number of aryl methyl sites for hydroxylation is 1. The predicted octanol–water partition coefficient (Wildman–Crippen LogP) is 1.58. The fourth-order valence-corrected chi connectivity index (χ4v) is 3.76. The van der Waals surface area contributed by atoms with E-state index in [1.807, 2.05) is 34.8 Å². The summed E-state index contributed by atoms with van der Waals surface area (Å²) in [6.45, 7) is 2.59. The van der Waals surface area contributed by atoms with Crippen molar-refractivity contribution in [1.82, 2.24) is 24.3 Å². The summed E-state index contributed by atoms with van der Waals surface area (Å²) < 4.78 is 7.20. The van der Waals surface area contributed by atoms with Crippen molar-refractivity contribution in [3.63, 3.8) is 0 Å². The molecule has 2 aromatic rings. The maximum atomic E-state index is 12.7. The monoisotopic (exact) mass is 384 g/mol. The summed E-state index contributed by atoms with van der Waals surface area (Å²) in [6.07, 6.45) is 3.60. The fourth-order valence-electron chi connectivity index (χ4n) is 3.76. The molecule has 9 nitrogen and oxygen atoms in total. The van der Waals surface area contributed by atoms with Crippen LogP contribution in [0.25, 0.3) is 0 Å². The van der Waals surface area contributed by atoms with Gasteiger partial charge in [0.15, 0.2) is 0 Å². The Hall–Kier alpha value is -3.23. The minimum atomic E-state index is -0.181. The maximum Gasteiger partial charge on any atom is 0.322 e. The molecule has 0 saturated carbocycles. The summed E-state index contributed by atoms with van der Waals surface area (Å²) in [5.74, 6) is 1.46. The molecule has 4 rings (SSSR count). The Labute approximate surface area is 163 Å². The molecule has 2 fully saturated rings. The van der Waals surface area contributed by atoms with E-state index >= 15 is 0 Å². The Morgan fingerprint density at radius 2 is 2.11 bits per heavy atom. The third-order valence-electron chi connectivity index (χ3n) is 5.32. The van der Waals surface area contributed by atoms with Gasteiger partial charge in [0.05, 0.1) is 25.4 Å².